The van der Waals surface area contributed by atoms with Crippen molar-refractivity contribution in [1.29, 1.82) is 0 Å². The van der Waals surface area contributed by atoms with E-state index in [0.717, 1.165) is 11.6 Å². The van der Waals surface area contributed by atoms with Gasteiger partial charge in [0.2, 0.25) is 0 Å². The lowest BCUT2D eigenvalue weighted by molar-refractivity contribution is -0.375. The van der Waals surface area contributed by atoms with E-state index in [1.165, 1.54) is 24.3 Å². The minimum atomic E-state index is -3.97. The van der Waals surface area contributed by atoms with Gasteiger partial charge >= 0.3 is 6.23 Å². The van der Waals surface area contributed by atoms with Gasteiger partial charge in [-0.3, -0.25) is 0 Å². The molecule has 28 heavy (non-hydrogen) atoms. The van der Waals surface area contributed by atoms with Crippen molar-refractivity contribution in [3.05, 3.63) is 48.3 Å². The van der Waals surface area contributed by atoms with Crippen molar-refractivity contribution in [2.24, 2.45) is 0 Å². The molecule has 0 radical (unpaired) electrons. The molecule has 0 amide bonds. The maximum Gasteiger partial charge on any atom is 0.492 e. The van der Waals surface area contributed by atoms with Crippen LogP contribution in [0.3, 0.4) is 0 Å². The molecule has 0 aromatic heterocycles. The highest BCUT2D eigenvalue weighted by molar-refractivity contribution is 6.48. The van der Waals surface area contributed by atoms with Crippen LogP contribution in [-0.4, -0.2) is 34.6 Å². The molecule has 0 aliphatic heterocycles. The molecule has 5 nitrogen and oxygen atoms in total. The van der Waals surface area contributed by atoms with Crippen LogP contribution in [0.4, 0.5) is 8.78 Å². The van der Waals surface area contributed by atoms with Crippen LogP contribution in [0.2, 0.25) is 13.6 Å². The predicted molar refractivity (Wildman–Crippen MR) is 109 cm³/mol. The largest absolute Gasteiger partial charge is 0.508 e. The number of ether oxygens (including phenoxy) is 1. The lowest BCUT2D eigenvalue weighted by atomic mass is 9.75. The van der Waals surface area contributed by atoms with Crippen LogP contribution in [0.5, 0.6) is 11.5 Å². The summed E-state index contributed by atoms with van der Waals surface area (Å²) in [4.78, 5) is 0. The summed E-state index contributed by atoms with van der Waals surface area (Å²) in [6, 6.07) is 6.11. The number of benzene rings is 2. The van der Waals surface area contributed by atoms with E-state index in [-0.39, 0.29) is 17.2 Å². The third kappa shape index (κ3) is 9.17. The van der Waals surface area contributed by atoms with E-state index in [0.29, 0.717) is 12.3 Å². The molecule has 2 aromatic rings. The summed E-state index contributed by atoms with van der Waals surface area (Å²) in [6.07, 6.45) is -3.77. The Morgan fingerprint density at radius 2 is 1.75 bits per heavy atom. The number of halogens is 2. The van der Waals surface area contributed by atoms with E-state index in [1.807, 2.05) is 41.3 Å². The SMILES string of the molecule is C=C(C)C(C)OB(C)C.CC.Oc1ccc2c(OC(O)(O)F)c(F)ccc2c1. The number of phenolic OH excluding ortho intramolecular Hbond substituents is 1. The van der Waals surface area contributed by atoms with Crippen LogP contribution in [0.25, 0.3) is 10.8 Å². The van der Waals surface area contributed by atoms with E-state index >= 15 is 0 Å². The first kappa shape index (κ1) is 25.8. The van der Waals surface area contributed by atoms with Gasteiger partial charge in [0.05, 0.1) is 6.10 Å². The third-order valence-corrected chi connectivity index (χ3v) is 3.31. The first-order valence-corrected chi connectivity index (χ1v) is 8.95. The van der Waals surface area contributed by atoms with Gasteiger partial charge in [-0.15, -0.1) is 4.39 Å². The van der Waals surface area contributed by atoms with Crippen molar-refractivity contribution < 1.29 is 33.5 Å². The molecule has 1 unspecified atom stereocenters. The van der Waals surface area contributed by atoms with Crippen molar-refractivity contribution in [1.82, 2.24) is 0 Å². The van der Waals surface area contributed by atoms with Gasteiger partial charge < -0.3 is 24.7 Å². The number of fused-ring (bicyclic) bond motifs is 1. The van der Waals surface area contributed by atoms with Crippen molar-refractivity contribution in [2.75, 3.05) is 0 Å². The Morgan fingerprint density at radius 1 is 1.18 bits per heavy atom. The van der Waals surface area contributed by atoms with Crippen LogP contribution in [-0.2, 0) is 4.65 Å². The number of alkyl halides is 1. The molecule has 2 rings (SSSR count). The summed E-state index contributed by atoms with van der Waals surface area (Å²) < 4.78 is 35.4. The van der Waals surface area contributed by atoms with Gasteiger partial charge in [0.1, 0.15) is 5.75 Å². The van der Waals surface area contributed by atoms with Crippen LogP contribution >= 0.6 is 0 Å². The molecule has 156 valence electrons. The predicted octanol–water partition coefficient (Wildman–Crippen LogP) is 4.87. The van der Waals surface area contributed by atoms with Crippen molar-refractivity contribution in [2.45, 2.75) is 53.7 Å². The molecule has 0 heterocycles. The summed E-state index contributed by atoms with van der Waals surface area (Å²) in [5.74, 6) is -1.65. The fourth-order valence-electron chi connectivity index (χ4n) is 2.02. The molecular weight excluding hydrogens is 369 g/mol. The molecule has 0 aliphatic rings. The molecule has 3 N–H and O–H groups in total. The second-order valence-corrected chi connectivity index (χ2v) is 6.09. The Hall–Kier alpha value is -2.16. The number of aliphatic hydroxyl groups is 2. The van der Waals surface area contributed by atoms with Crippen LogP contribution in [0.1, 0.15) is 27.7 Å². The van der Waals surface area contributed by atoms with Crippen molar-refractivity contribution in [3.8, 4) is 11.5 Å². The molecule has 0 aliphatic carbocycles. The molecule has 0 saturated heterocycles. The highest BCUT2D eigenvalue weighted by Crippen LogP contribution is 2.32. The highest BCUT2D eigenvalue weighted by atomic mass is 19.2. The van der Waals surface area contributed by atoms with Crippen molar-refractivity contribution >= 4 is 17.7 Å². The van der Waals surface area contributed by atoms with Crippen LogP contribution in [0.15, 0.2) is 42.5 Å². The first-order chi connectivity index (χ1) is 12.9. The summed E-state index contributed by atoms with van der Waals surface area (Å²) in [5, 5.41) is 26.6. The van der Waals surface area contributed by atoms with Crippen LogP contribution in [0, 0.1) is 5.82 Å². The molecule has 0 fully saturated rings. The van der Waals surface area contributed by atoms with Gasteiger partial charge in [-0.25, -0.2) is 4.39 Å². The molecule has 0 spiro atoms. The summed E-state index contributed by atoms with van der Waals surface area (Å²) >= 11 is 0. The minimum absolute atomic E-state index is 0.0606. The first-order valence-electron chi connectivity index (χ1n) is 8.95. The van der Waals surface area contributed by atoms with E-state index < -0.39 is 17.8 Å². The second kappa shape index (κ2) is 11.6. The smallest absolute Gasteiger partial charge is 0.492 e. The molecule has 8 heteroatoms. The van der Waals surface area contributed by atoms with E-state index in [1.54, 1.807) is 0 Å². The monoisotopic (exact) mass is 398 g/mol. The quantitative estimate of drug-likeness (QED) is 0.380. The van der Waals surface area contributed by atoms with Gasteiger partial charge in [0, 0.05) is 5.39 Å². The molecule has 2 aromatic carbocycles. The number of aromatic hydroxyl groups is 1. The Kier molecular flexibility index (Phi) is 10.7. The standard InChI is InChI=1S/C11H8F2O4.C7H15BO.C2H6/c12-9-4-1-6-5-7(14)2-3-8(6)10(9)17-11(13,15)16;1-6(2)7(3)9-8(4)5;1-2/h1-5,14-16H;7H,1H2,2-5H3;1-2H3. The third-order valence-electron chi connectivity index (χ3n) is 3.31. The number of hydrogen-bond donors (Lipinski definition) is 3. The Balaban J connectivity index is 0.000000566. The molecule has 0 saturated carbocycles. The fourth-order valence-corrected chi connectivity index (χ4v) is 2.02. The lowest BCUT2D eigenvalue weighted by Gasteiger charge is -2.15. The average molecular weight is 398 g/mol. The Bertz CT molecular complexity index is 760. The normalized spacial score (nSPS) is 11.5. The van der Waals surface area contributed by atoms with E-state index in [4.69, 9.17) is 14.9 Å². The average Bonchev–Trinajstić information content (AvgIpc) is 2.58. The molecular formula is C20H29BF2O5. The van der Waals surface area contributed by atoms with Crippen molar-refractivity contribution in [3.63, 3.8) is 0 Å². The molecule has 1 atom stereocenters. The zero-order valence-corrected chi connectivity index (χ0v) is 17.2. The van der Waals surface area contributed by atoms with Gasteiger partial charge in [-0.1, -0.05) is 45.7 Å². The summed E-state index contributed by atoms with van der Waals surface area (Å²) in [5.41, 5.74) is 1.09. The topological polar surface area (TPSA) is 79.2 Å². The number of phenols is 1. The van der Waals surface area contributed by atoms with Gasteiger partial charge in [-0.05, 0) is 43.5 Å². The van der Waals surface area contributed by atoms with Gasteiger partial charge in [0.25, 0.3) is 6.92 Å². The second-order valence-electron chi connectivity index (χ2n) is 6.09. The lowest BCUT2D eigenvalue weighted by Crippen LogP contribution is -2.29. The van der Waals surface area contributed by atoms with Crippen LogP contribution < -0.4 is 4.74 Å². The zero-order valence-electron chi connectivity index (χ0n) is 17.2. The number of rotatable bonds is 5. The molecule has 0 bridgehead atoms. The summed E-state index contributed by atoms with van der Waals surface area (Å²) in [6.45, 7) is 16.1. The number of hydrogen-bond acceptors (Lipinski definition) is 5. The van der Waals surface area contributed by atoms with E-state index in [2.05, 4.69) is 11.3 Å². The Morgan fingerprint density at radius 3 is 2.18 bits per heavy atom. The van der Waals surface area contributed by atoms with E-state index in [9.17, 15) is 13.9 Å². The fraction of sp³-hybridized carbons (Fsp3) is 0.400. The maximum atomic E-state index is 13.4. The maximum absolute atomic E-state index is 13.4. The highest BCUT2D eigenvalue weighted by Gasteiger charge is 2.27. The van der Waals surface area contributed by atoms with Gasteiger partial charge in [-0.2, -0.15) is 0 Å². The summed E-state index contributed by atoms with van der Waals surface area (Å²) in [7, 11) is 0. The Labute approximate surface area is 165 Å². The van der Waals surface area contributed by atoms with Gasteiger partial charge in [0.15, 0.2) is 11.6 Å². The zero-order chi connectivity index (χ0) is 22.1. The minimum Gasteiger partial charge on any atom is -0.508 e.